The molecular formula is C19H19ClF4N2O. The van der Waals surface area contributed by atoms with E-state index in [9.17, 15) is 22.4 Å². The highest BCUT2D eigenvalue weighted by molar-refractivity contribution is 6.35. The topological polar surface area (TPSA) is 34.9 Å². The zero-order chi connectivity index (χ0) is 20.9. The van der Waals surface area contributed by atoms with Crippen molar-refractivity contribution < 1.29 is 22.4 Å². The van der Waals surface area contributed by atoms with Gasteiger partial charge in [0.25, 0.3) is 5.91 Å². The maximum Gasteiger partial charge on any atom is 0.417 e. The highest BCUT2D eigenvalue weighted by Gasteiger charge is 2.38. The van der Waals surface area contributed by atoms with Gasteiger partial charge in [0.1, 0.15) is 5.82 Å². The van der Waals surface area contributed by atoms with Crippen LogP contribution in [0.2, 0.25) is 0 Å². The quantitative estimate of drug-likeness (QED) is 0.341. The summed E-state index contributed by atoms with van der Waals surface area (Å²) in [4.78, 5) is 12.8. The second kappa shape index (κ2) is 8.99. The molecular weight excluding hydrogens is 384 g/mol. The number of aromatic nitrogens is 2. The summed E-state index contributed by atoms with van der Waals surface area (Å²) in [7, 11) is 0. The Kier molecular flexibility index (Phi) is 7.54. The second-order valence-electron chi connectivity index (χ2n) is 5.06. The monoisotopic (exact) mass is 402 g/mol. The average Bonchev–Trinajstić information content (AvgIpc) is 2.97. The van der Waals surface area contributed by atoms with Gasteiger partial charge < -0.3 is 0 Å². The van der Waals surface area contributed by atoms with Crippen LogP contribution in [-0.4, -0.2) is 21.9 Å². The van der Waals surface area contributed by atoms with Crippen molar-refractivity contribution in [2.24, 2.45) is 0 Å². The largest absolute Gasteiger partial charge is 0.417 e. The van der Waals surface area contributed by atoms with Crippen molar-refractivity contribution in [1.29, 1.82) is 0 Å². The van der Waals surface area contributed by atoms with Crippen LogP contribution >= 0.6 is 11.6 Å². The first kappa shape index (κ1) is 22.6. The summed E-state index contributed by atoms with van der Waals surface area (Å²) in [6.45, 7) is 9.96. The summed E-state index contributed by atoms with van der Waals surface area (Å²) in [5, 5.41) is 3.54. The van der Waals surface area contributed by atoms with Gasteiger partial charge in [0.05, 0.1) is 27.7 Å². The number of nitrogens with zero attached hydrogens (tertiary/aromatic N) is 2. The molecule has 0 aliphatic heterocycles. The summed E-state index contributed by atoms with van der Waals surface area (Å²) in [6, 6.07) is 3.90. The van der Waals surface area contributed by atoms with Crippen molar-refractivity contribution in [3.63, 3.8) is 0 Å². The number of carbonyl (C=O) groups excluding carboxylic acids is 1. The first-order chi connectivity index (χ1) is 12.6. The molecule has 0 amide bonds. The molecule has 0 bridgehead atoms. The number of benzene rings is 1. The zero-order valence-electron chi connectivity index (χ0n) is 15.3. The summed E-state index contributed by atoms with van der Waals surface area (Å²) >= 11 is 5.86. The van der Waals surface area contributed by atoms with Crippen molar-refractivity contribution in [1.82, 2.24) is 9.78 Å². The van der Waals surface area contributed by atoms with E-state index in [-0.39, 0.29) is 16.6 Å². The first-order valence-corrected chi connectivity index (χ1v) is 8.45. The Balaban J connectivity index is 0.00000176. The molecule has 0 aliphatic rings. The molecule has 0 saturated heterocycles. The van der Waals surface area contributed by atoms with Crippen LogP contribution in [-0.2, 0) is 0 Å². The molecule has 8 heteroatoms. The molecule has 0 fully saturated rings. The van der Waals surface area contributed by atoms with Crippen LogP contribution in [0.1, 0.15) is 31.3 Å². The molecule has 0 aliphatic carbocycles. The minimum atomic E-state index is -4.85. The van der Waals surface area contributed by atoms with E-state index in [1.807, 2.05) is 13.8 Å². The number of halogens is 5. The van der Waals surface area contributed by atoms with E-state index in [1.54, 1.807) is 0 Å². The van der Waals surface area contributed by atoms with Gasteiger partial charge in [-0.25, -0.2) is 4.39 Å². The molecule has 0 saturated carbocycles. The third-order valence-corrected chi connectivity index (χ3v) is 3.92. The van der Waals surface area contributed by atoms with Crippen LogP contribution in [0.15, 0.2) is 53.1 Å². The molecule has 2 aromatic rings. The second-order valence-corrected chi connectivity index (χ2v) is 5.47. The van der Waals surface area contributed by atoms with E-state index in [0.29, 0.717) is 10.8 Å². The molecule has 27 heavy (non-hydrogen) atoms. The maximum atomic E-state index is 14.0. The van der Waals surface area contributed by atoms with Gasteiger partial charge in [0.15, 0.2) is 0 Å². The predicted molar refractivity (Wildman–Crippen MR) is 99.3 cm³/mol. The van der Waals surface area contributed by atoms with Crippen molar-refractivity contribution in [3.8, 4) is 0 Å². The first-order valence-electron chi connectivity index (χ1n) is 8.08. The molecule has 0 unspecified atom stereocenters. The molecule has 0 radical (unpaired) electrons. The number of rotatable bonds is 3. The lowest BCUT2D eigenvalue weighted by atomic mass is 10.1. The smallest absolute Gasteiger partial charge is 0.267 e. The molecule has 2 rings (SSSR count). The van der Waals surface area contributed by atoms with E-state index < -0.39 is 34.1 Å². The van der Waals surface area contributed by atoms with Crippen molar-refractivity contribution in [3.05, 3.63) is 64.6 Å². The summed E-state index contributed by atoms with van der Waals surface area (Å²) < 4.78 is 54.5. The van der Waals surface area contributed by atoms with Crippen LogP contribution in [0, 0.1) is 12.7 Å². The Morgan fingerprint density at radius 3 is 2.37 bits per heavy atom. The third-order valence-electron chi connectivity index (χ3n) is 3.51. The molecule has 146 valence electrons. The minimum absolute atomic E-state index is 0.0474. The molecule has 0 spiro atoms. The predicted octanol–water partition coefficient (Wildman–Crippen LogP) is 6.34. The summed E-state index contributed by atoms with van der Waals surface area (Å²) in [5.41, 5.74) is -1.88. The SMILES string of the molecule is C=C/C(=C(C(=O)n1nc(C)c2c(F)cccc21)\C(Cl)=C/C)C(F)(F)F.CC. The number of allylic oxidation sites excluding steroid dienone is 5. The van der Waals surface area contributed by atoms with Gasteiger partial charge in [-0.05, 0) is 26.0 Å². The fraction of sp³-hybridized carbons (Fsp3) is 0.263. The summed E-state index contributed by atoms with van der Waals surface area (Å²) in [5.74, 6) is -1.75. The Morgan fingerprint density at radius 1 is 1.30 bits per heavy atom. The maximum absolute atomic E-state index is 14.0. The van der Waals surface area contributed by atoms with Crippen molar-refractivity contribution in [2.75, 3.05) is 0 Å². The molecule has 0 atom stereocenters. The van der Waals surface area contributed by atoms with E-state index in [1.165, 1.54) is 32.0 Å². The van der Waals surface area contributed by atoms with E-state index >= 15 is 0 Å². The number of hydrogen-bond acceptors (Lipinski definition) is 2. The molecule has 1 aromatic heterocycles. The number of fused-ring (bicyclic) bond motifs is 1. The normalized spacial score (nSPS) is 13.0. The Morgan fingerprint density at radius 2 is 1.89 bits per heavy atom. The van der Waals surface area contributed by atoms with Crippen LogP contribution in [0.25, 0.3) is 10.9 Å². The average molecular weight is 403 g/mol. The lowest BCUT2D eigenvalue weighted by molar-refractivity contribution is -0.0887. The standard InChI is InChI=1S/C17H13ClF4N2O.C2H6/c1-4-10(17(20,21)22)15(11(18)5-2)16(25)24-13-8-6-7-12(19)14(13)9(3)23-24;1-2/h4-8H,1H2,2-3H3;1-2H3/b11-5+,15-10-;. The number of alkyl halides is 3. The molecule has 1 aromatic carbocycles. The molecule has 0 N–H and O–H groups in total. The zero-order valence-corrected chi connectivity index (χ0v) is 16.0. The lowest BCUT2D eigenvalue weighted by Gasteiger charge is -2.14. The Labute approximate surface area is 159 Å². The third kappa shape index (κ3) is 4.47. The van der Waals surface area contributed by atoms with Crippen molar-refractivity contribution >= 4 is 28.4 Å². The highest BCUT2D eigenvalue weighted by atomic mass is 35.5. The molecule has 1 heterocycles. The number of hydrogen-bond donors (Lipinski definition) is 0. The Hall–Kier alpha value is -2.41. The highest BCUT2D eigenvalue weighted by Crippen LogP contribution is 2.34. The fourth-order valence-electron chi connectivity index (χ4n) is 2.41. The van der Waals surface area contributed by atoms with Gasteiger partial charge in [-0.3, -0.25) is 4.79 Å². The van der Waals surface area contributed by atoms with Gasteiger partial charge in [0.2, 0.25) is 0 Å². The molecule has 3 nitrogen and oxygen atoms in total. The van der Waals surface area contributed by atoms with Gasteiger partial charge in [-0.15, -0.1) is 0 Å². The van der Waals surface area contributed by atoms with E-state index in [0.717, 1.165) is 6.08 Å². The number of aryl methyl sites for hydroxylation is 1. The van der Waals surface area contributed by atoms with Gasteiger partial charge in [-0.2, -0.15) is 23.0 Å². The Bertz CT molecular complexity index is 924. The summed E-state index contributed by atoms with van der Waals surface area (Å²) in [6.07, 6.45) is -3.18. The lowest BCUT2D eigenvalue weighted by Crippen LogP contribution is -2.22. The minimum Gasteiger partial charge on any atom is -0.267 e. The van der Waals surface area contributed by atoms with Gasteiger partial charge >= 0.3 is 6.18 Å². The van der Waals surface area contributed by atoms with Crippen LogP contribution in [0.3, 0.4) is 0 Å². The van der Waals surface area contributed by atoms with Crippen LogP contribution < -0.4 is 0 Å². The van der Waals surface area contributed by atoms with Gasteiger partial charge in [0, 0.05) is 5.03 Å². The van der Waals surface area contributed by atoms with E-state index in [4.69, 9.17) is 11.6 Å². The van der Waals surface area contributed by atoms with Crippen molar-refractivity contribution in [2.45, 2.75) is 33.9 Å². The van der Waals surface area contributed by atoms with Crippen LogP contribution in [0.5, 0.6) is 0 Å². The fourth-order valence-corrected chi connectivity index (χ4v) is 2.59. The number of carbonyl (C=O) groups is 1. The van der Waals surface area contributed by atoms with E-state index in [2.05, 4.69) is 11.7 Å². The van der Waals surface area contributed by atoms with Crippen LogP contribution in [0.4, 0.5) is 17.6 Å². The van der Waals surface area contributed by atoms with Gasteiger partial charge in [-0.1, -0.05) is 50.2 Å².